The van der Waals surface area contributed by atoms with Crippen molar-refractivity contribution in [3.8, 4) is 0 Å². The third-order valence-corrected chi connectivity index (χ3v) is 3.72. The minimum atomic E-state index is -0.537. The Kier molecular flexibility index (Phi) is 6.73. The summed E-state index contributed by atoms with van der Waals surface area (Å²) in [6.45, 7) is 5.77. The van der Waals surface area contributed by atoms with E-state index in [1.54, 1.807) is 30.8 Å². The van der Waals surface area contributed by atoms with Crippen molar-refractivity contribution in [1.82, 2.24) is 5.32 Å². The molecule has 0 aliphatic rings. The van der Waals surface area contributed by atoms with Gasteiger partial charge in [-0.3, -0.25) is 0 Å². The van der Waals surface area contributed by atoms with Crippen LogP contribution in [0.3, 0.4) is 0 Å². The number of rotatable bonds is 6. The quantitative estimate of drug-likeness (QED) is 0.751. The Balaban J connectivity index is 2.50. The molecule has 5 heteroatoms. The highest BCUT2D eigenvalue weighted by molar-refractivity contribution is 7.99. The molecular weight excluding hydrogens is 260 g/mol. The maximum Gasteiger partial charge on any atom is 0.319 e. The average molecular weight is 282 g/mol. The zero-order valence-corrected chi connectivity index (χ0v) is 12.5. The van der Waals surface area contributed by atoms with Crippen LogP contribution < -0.4 is 10.6 Å². The number of hydrogen-bond acceptors (Lipinski definition) is 3. The molecular formula is C14H22N2O2S. The summed E-state index contributed by atoms with van der Waals surface area (Å²) in [5.74, 6) is 1.95. The first-order valence-corrected chi connectivity index (χ1v) is 7.61. The normalized spacial score (nSPS) is 13.7. The molecule has 3 N–H and O–H groups in total. The number of carbonyl (C=O) groups is 1. The number of aliphatic hydroxyl groups excluding tert-OH is 1. The summed E-state index contributed by atoms with van der Waals surface area (Å²) < 4.78 is 0. The first-order valence-electron chi connectivity index (χ1n) is 6.46. The van der Waals surface area contributed by atoms with Crippen molar-refractivity contribution >= 4 is 23.5 Å². The number of amides is 2. The number of carbonyl (C=O) groups excluding carboxylic acids is 1. The predicted molar refractivity (Wildman–Crippen MR) is 81.7 cm³/mol. The molecule has 0 radical (unpaired) electrons. The van der Waals surface area contributed by atoms with E-state index in [1.807, 2.05) is 19.1 Å². The fraction of sp³-hybridized carbons (Fsp3) is 0.500. The molecule has 2 atom stereocenters. The number of benzene rings is 1. The van der Waals surface area contributed by atoms with Gasteiger partial charge in [0.05, 0.1) is 6.10 Å². The Hall–Kier alpha value is -1.20. The van der Waals surface area contributed by atoms with E-state index in [1.165, 1.54) is 0 Å². The standard InChI is InChI=1S/C14H22N2O2S/c1-4-19-9-10(2)15-14(18)16-13-7-5-6-12(8-13)11(3)17/h5-8,10-11,17H,4,9H2,1-3H3,(H2,15,16,18). The molecule has 0 fully saturated rings. The Bertz CT molecular complexity index is 410. The van der Waals surface area contributed by atoms with E-state index >= 15 is 0 Å². The predicted octanol–water partition coefficient (Wildman–Crippen LogP) is 3.00. The van der Waals surface area contributed by atoms with Gasteiger partial charge in [0.2, 0.25) is 0 Å². The highest BCUT2D eigenvalue weighted by Gasteiger charge is 2.08. The topological polar surface area (TPSA) is 61.4 Å². The lowest BCUT2D eigenvalue weighted by Crippen LogP contribution is -2.37. The SMILES string of the molecule is CCSCC(C)NC(=O)Nc1cccc(C(C)O)c1. The number of urea groups is 1. The summed E-state index contributed by atoms with van der Waals surface area (Å²) in [6.07, 6.45) is -0.537. The second-order valence-electron chi connectivity index (χ2n) is 4.46. The number of aliphatic hydroxyl groups is 1. The molecule has 0 saturated heterocycles. The van der Waals surface area contributed by atoms with Crippen molar-refractivity contribution in [2.45, 2.75) is 32.9 Å². The molecule has 1 aromatic carbocycles. The maximum absolute atomic E-state index is 11.8. The Labute approximate surface area is 119 Å². The average Bonchev–Trinajstić information content (AvgIpc) is 2.36. The maximum atomic E-state index is 11.8. The lowest BCUT2D eigenvalue weighted by molar-refractivity contribution is 0.199. The van der Waals surface area contributed by atoms with Crippen LogP contribution in [0.5, 0.6) is 0 Å². The molecule has 106 valence electrons. The van der Waals surface area contributed by atoms with Crippen LogP contribution in [0.4, 0.5) is 10.5 Å². The van der Waals surface area contributed by atoms with Gasteiger partial charge in [0.25, 0.3) is 0 Å². The fourth-order valence-electron chi connectivity index (χ4n) is 1.60. The minimum absolute atomic E-state index is 0.130. The molecule has 2 unspecified atom stereocenters. The minimum Gasteiger partial charge on any atom is -0.389 e. The number of anilines is 1. The van der Waals surface area contributed by atoms with Crippen molar-refractivity contribution in [1.29, 1.82) is 0 Å². The summed E-state index contributed by atoms with van der Waals surface area (Å²) in [7, 11) is 0. The molecule has 0 aromatic heterocycles. The Morgan fingerprint density at radius 1 is 1.42 bits per heavy atom. The van der Waals surface area contributed by atoms with Crippen molar-refractivity contribution in [3.05, 3.63) is 29.8 Å². The Morgan fingerprint density at radius 2 is 2.16 bits per heavy atom. The van der Waals surface area contributed by atoms with Crippen LogP contribution in [0.15, 0.2) is 24.3 Å². The molecule has 0 saturated carbocycles. The molecule has 4 nitrogen and oxygen atoms in total. The van der Waals surface area contributed by atoms with Crippen molar-refractivity contribution < 1.29 is 9.90 Å². The van der Waals surface area contributed by atoms with Gasteiger partial charge in [-0.15, -0.1) is 0 Å². The van der Waals surface area contributed by atoms with Gasteiger partial charge in [0, 0.05) is 17.5 Å². The monoisotopic (exact) mass is 282 g/mol. The van der Waals surface area contributed by atoms with Gasteiger partial charge in [0.15, 0.2) is 0 Å². The van der Waals surface area contributed by atoms with Crippen LogP contribution in [0.2, 0.25) is 0 Å². The molecule has 19 heavy (non-hydrogen) atoms. The van der Waals surface area contributed by atoms with Crippen molar-refractivity contribution in [2.24, 2.45) is 0 Å². The molecule has 1 rings (SSSR count). The third kappa shape index (κ3) is 5.98. The highest BCUT2D eigenvalue weighted by Crippen LogP contribution is 2.16. The van der Waals surface area contributed by atoms with Gasteiger partial charge in [-0.05, 0) is 37.3 Å². The smallest absolute Gasteiger partial charge is 0.319 e. The van der Waals surface area contributed by atoms with E-state index in [4.69, 9.17) is 0 Å². The van der Waals surface area contributed by atoms with Crippen LogP contribution in [0.1, 0.15) is 32.4 Å². The first-order chi connectivity index (χ1) is 9.02. The zero-order valence-electron chi connectivity index (χ0n) is 11.6. The van der Waals surface area contributed by atoms with Crippen molar-refractivity contribution in [3.63, 3.8) is 0 Å². The van der Waals surface area contributed by atoms with Crippen LogP contribution in [0, 0.1) is 0 Å². The van der Waals surface area contributed by atoms with Crippen LogP contribution in [-0.4, -0.2) is 28.7 Å². The summed E-state index contributed by atoms with van der Waals surface area (Å²) >= 11 is 1.80. The second-order valence-corrected chi connectivity index (χ2v) is 5.78. The van der Waals surface area contributed by atoms with Gasteiger partial charge >= 0.3 is 6.03 Å². The third-order valence-electron chi connectivity index (χ3n) is 2.58. The number of hydrogen-bond donors (Lipinski definition) is 3. The van der Waals surface area contributed by atoms with Crippen LogP contribution >= 0.6 is 11.8 Å². The van der Waals surface area contributed by atoms with E-state index in [-0.39, 0.29) is 12.1 Å². The lowest BCUT2D eigenvalue weighted by Gasteiger charge is -2.14. The first kappa shape index (κ1) is 15.9. The van der Waals surface area contributed by atoms with Gasteiger partial charge in [-0.2, -0.15) is 11.8 Å². The van der Waals surface area contributed by atoms with E-state index in [0.29, 0.717) is 5.69 Å². The van der Waals surface area contributed by atoms with Gasteiger partial charge in [-0.1, -0.05) is 19.1 Å². The number of nitrogens with one attached hydrogen (secondary N) is 2. The lowest BCUT2D eigenvalue weighted by atomic mass is 10.1. The molecule has 0 bridgehead atoms. The number of thioether (sulfide) groups is 1. The second kappa shape index (κ2) is 8.07. The zero-order chi connectivity index (χ0) is 14.3. The van der Waals surface area contributed by atoms with Gasteiger partial charge < -0.3 is 15.7 Å². The van der Waals surface area contributed by atoms with Gasteiger partial charge in [0.1, 0.15) is 0 Å². The van der Waals surface area contributed by atoms with E-state index in [9.17, 15) is 9.90 Å². The Morgan fingerprint density at radius 3 is 2.79 bits per heavy atom. The van der Waals surface area contributed by atoms with E-state index in [2.05, 4.69) is 17.6 Å². The fourth-order valence-corrected chi connectivity index (χ4v) is 2.28. The van der Waals surface area contributed by atoms with E-state index in [0.717, 1.165) is 17.1 Å². The van der Waals surface area contributed by atoms with Crippen molar-refractivity contribution in [2.75, 3.05) is 16.8 Å². The van der Waals surface area contributed by atoms with E-state index < -0.39 is 6.10 Å². The summed E-state index contributed by atoms with van der Waals surface area (Å²) in [4.78, 5) is 11.8. The largest absolute Gasteiger partial charge is 0.389 e. The summed E-state index contributed by atoms with van der Waals surface area (Å²) in [5.41, 5.74) is 1.47. The molecule has 0 spiro atoms. The summed E-state index contributed by atoms with van der Waals surface area (Å²) in [5, 5.41) is 15.1. The molecule has 0 aliphatic carbocycles. The highest BCUT2D eigenvalue weighted by atomic mass is 32.2. The molecule has 1 aromatic rings. The molecule has 0 heterocycles. The van der Waals surface area contributed by atoms with Crippen LogP contribution in [0.25, 0.3) is 0 Å². The van der Waals surface area contributed by atoms with Crippen LogP contribution in [-0.2, 0) is 0 Å². The molecule has 0 aliphatic heterocycles. The van der Waals surface area contributed by atoms with Gasteiger partial charge in [-0.25, -0.2) is 4.79 Å². The molecule has 2 amide bonds. The summed E-state index contributed by atoms with van der Waals surface area (Å²) in [6, 6.07) is 7.13.